The minimum Gasteiger partial charge on any atom is -0.493 e. The predicted octanol–water partition coefficient (Wildman–Crippen LogP) is 3.22. The molecule has 29 heavy (non-hydrogen) atoms. The van der Waals surface area contributed by atoms with Gasteiger partial charge in [0.15, 0.2) is 5.75 Å². The highest BCUT2D eigenvalue weighted by Gasteiger charge is 2.30. The van der Waals surface area contributed by atoms with Crippen molar-refractivity contribution in [1.29, 1.82) is 0 Å². The molecule has 3 rings (SSSR count). The lowest BCUT2D eigenvalue weighted by molar-refractivity contribution is -0.114. The number of aromatic nitrogens is 5. The summed E-state index contributed by atoms with van der Waals surface area (Å²) in [5.74, 6) is -4.94. The number of hydrogen-bond donors (Lipinski definition) is 3. The third kappa shape index (κ3) is 4.59. The van der Waals surface area contributed by atoms with Crippen LogP contribution < -0.4 is 15.4 Å². The van der Waals surface area contributed by atoms with E-state index in [0.29, 0.717) is 6.92 Å². The van der Waals surface area contributed by atoms with Crippen LogP contribution in [0.1, 0.15) is 19.7 Å². The van der Waals surface area contributed by atoms with Crippen LogP contribution in [-0.4, -0.2) is 38.2 Å². The number of anilines is 3. The quantitative estimate of drug-likeness (QED) is 0.574. The van der Waals surface area contributed by atoms with Crippen molar-refractivity contribution in [3.63, 3.8) is 0 Å². The molecule has 1 amide bonds. The lowest BCUT2D eigenvalue weighted by Gasteiger charge is -2.15. The molecule has 3 aromatic heterocycles. The number of nitrogens with zero attached hydrogens (tertiary/aromatic N) is 4. The maximum absolute atomic E-state index is 13.9. The van der Waals surface area contributed by atoms with Crippen LogP contribution in [0, 0.1) is 5.95 Å². The van der Waals surface area contributed by atoms with Gasteiger partial charge in [0, 0.05) is 26.0 Å². The molecule has 0 fully saturated rings. The number of nitrogens with one attached hydrogen (secondary N) is 3. The van der Waals surface area contributed by atoms with Gasteiger partial charge in [-0.3, -0.25) is 9.89 Å². The molecule has 9 nitrogen and oxygen atoms in total. The first-order valence-electron chi connectivity index (χ1n) is 8.22. The van der Waals surface area contributed by atoms with E-state index in [0.717, 1.165) is 6.20 Å². The van der Waals surface area contributed by atoms with Gasteiger partial charge in [-0.2, -0.15) is 18.3 Å². The minimum atomic E-state index is -3.38. The number of hydrogen-bond acceptors (Lipinski definition) is 7. The highest BCUT2D eigenvalue weighted by atomic mass is 19.3. The lowest BCUT2D eigenvalue weighted by Crippen LogP contribution is -2.14. The van der Waals surface area contributed by atoms with Gasteiger partial charge in [0.05, 0.1) is 36.4 Å². The zero-order valence-electron chi connectivity index (χ0n) is 15.5. The van der Waals surface area contributed by atoms with Gasteiger partial charge in [-0.25, -0.2) is 15.0 Å². The van der Waals surface area contributed by atoms with E-state index in [-0.39, 0.29) is 40.2 Å². The zero-order chi connectivity index (χ0) is 21.2. The van der Waals surface area contributed by atoms with Crippen molar-refractivity contribution < 1.29 is 22.7 Å². The Morgan fingerprint density at radius 2 is 1.97 bits per heavy atom. The second kappa shape index (κ2) is 7.73. The van der Waals surface area contributed by atoms with Crippen LogP contribution in [0.5, 0.6) is 5.75 Å². The average molecular weight is 407 g/mol. The van der Waals surface area contributed by atoms with Crippen LogP contribution in [0.25, 0.3) is 11.3 Å². The van der Waals surface area contributed by atoms with Crippen molar-refractivity contribution in [3.8, 4) is 17.0 Å². The van der Waals surface area contributed by atoms with Gasteiger partial charge >= 0.3 is 5.92 Å². The third-order valence-electron chi connectivity index (χ3n) is 3.64. The van der Waals surface area contributed by atoms with E-state index in [1.54, 1.807) is 0 Å². The molecule has 0 radical (unpaired) electrons. The number of pyridine rings is 1. The third-order valence-corrected chi connectivity index (χ3v) is 3.64. The second-order valence-corrected chi connectivity index (χ2v) is 6.02. The van der Waals surface area contributed by atoms with Gasteiger partial charge in [0.1, 0.15) is 11.6 Å². The molecule has 0 saturated heterocycles. The van der Waals surface area contributed by atoms with Crippen LogP contribution in [0.4, 0.5) is 30.5 Å². The first kappa shape index (κ1) is 20.0. The number of halogens is 3. The van der Waals surface area contributed by atoms with Gasteiger partial charge in [-0.15, -0.1) is 0 Å². The van der Waals surface area contributed by atoms with Crippen LogP contribution in [-0.2, 0) is 10.7 Å². The molecule has 0 unspecified atom stereocenters. The van der Waals surface area contributed by atoms with Crippen LogP contribution in [0.2, 0.25) is 0 Å². The van der Waals surface area contributed by atoms with E-state index >= 15 is 0 Å². The Labute approximate surface area is 162 Å². The molecule has 0 aromatic carbocycles. The molecule has 12 heteroatoms. The molecule has 3 N–H and O–H groups in total. The van der Waals surface area contributed by atoms with Gasteiger partial charge in [-0.05, 0) is 0 Å². The smallest absolute Gasteiger partial charge is 0.303 e. The van der Waals surface area contributed by atoms with E-state index in [1.807, 2.05) is 0 Å². The number of amides is 1. The van der Waals surface area contributed by atoms with Crippen LogP contribution in [0.15, 0.2) is 24.5 Å². The van der Waals surface area contributed by atoms with Crippen LogP contribution >= 0.6 is 0 Å². The summed E-state index contributed by atoms with van der Waals surface area (Å²) in [6.45, 7) is 1.94. The highest BCUT2D eigenvalue weighted by Crippen LogP contribution is 2.32. The zero-order valence-corrected chi connectivity index (χ0v) is 15.5. The summed E-state index contributed by atoms with van der Waals surface area (Å²) in [6, 6.07) is 2.71. The highest BCUT2D eigenvalue weighted by molar-refractivity contribution is 5.88. The Kier molecular flexibility index (Phi) is 5.35. The van der Waals surface area contributed by atoms with E-state index in [4.69, 9.17) is 4.74 Å². The summed E-state index contributed by atoms with van der Waals surface area (Å²) >= 11 is 0. The standard InChI is InChI=1S/C17H16F3N7O2/c1-8(28)23-13-5-11(12(29-3)7-21-13)24-14-4-10(9-6-22-27-15(9)18)25-16(26-14)17(2,19)20/h4-7H,1-3H3,(H,22,27)(H2,21,23,24,25,26,28). The SMILES string of the molecule is COc1cnc(NC(C)=O)cc1Nc1cc(-c2cn[nH]c2F)nc(C(C)(F)F)n1. The normalized spacial score (nSPS) is 11.2. The molecular weight excluding hydrogens is 391 g/mol. The molecule has 152 valence electrons. The number of aromatic amines is 1. The Balaban J connectivity index is 2.07. The maximum atomic E-state index is 13.9. The van der Waals surface area contributed by atoms with Gasteiger partial charge in [0.25, 0.3) is 0 Å². The van der Waals surface area contributed by atoms with Crippen molar-refractivity contribution in [2.75, 3.05) is 17.7 Å². The Bertz CT molecular complexity index is 1050. The van der Waals surface area contributed by atoms with E-state index < -0.39 is 17.7 Å². The van der Waals surface area contributed by atoms with Crippen molar-refractivity contribution >= 4 is 23.2 Å². The number of methoxy groups -OCH3 is 1. The first-order valence-corrected chi connectivity index (χ1v) is 8.22. The number of rotatable bonds is 6. The number of H-pyrrole nitrogens is 1. The Morgan fingerprint density at radius 3 is 2.55 bits per heavy atom. The molecule has 3 heterocycles. The number of alkyl halides is 2. The summed E-state index contributed by atoms with van der Waals surface area (Å²) in [5, 5.41) is 10.9. The maximum Gasteiger partial charge on any atom is 0.303 e. The molecule has 3 aromatic rings. The molecule has 0 aliphatic rings. The van der Waals surface area contributed by atoms with Gasteiger partial charge < -0.3 is 15.4 Å². The Morgan fingerprint density at radius 1 is 1.21 bits per heavy atom. The molecular formula is C17H16F3N7O2. The summed E-state index contributed by atoms with van der Waals surface area (Å²) in [6.07, 6.45) is 2.46. The number of ether oxygens (including phenoxy) is 1. The second-order valence-electron chi connectivity index (χ2n) is 6.02. The average Bonchev–Trinajstić information content (AvgIpc) is 3.06. The molecule has 0 bridgehead atoms. The molecule has 0 saturated carbocycles. The van der Waals surface area contributed by atoms with E-state index in [2.05, 4.69) is 35.8 Å². The molecule has 0 aliphatic heterocycles. The van der Waals surface area contributed by atoms with E-state index in [1.165, 1.54) is 32.4 Å². The fourth-order valence-corrected chi connectivity index (χ4v) is 2.38. The minimum absolute atomic E-state index is 0.0506. The largest absolute Gasteiger partial charge is 0.493 e. The van der Waals surface area contributed by atoms with E-state index in [9.17, 15) is 18.0 Å². The number of carbonyl (C=O) groups excluding carboxylic acids is 1. The van der Waals surface area contributed by atoms with Crippen molar-refractivity contribution in [1.82, 2.24) is 25.1 Å². The summed E-state index contributed by atoms with van der Waals surface area (Å²) in [4.78, 5) is 22.8. The first-order chi connectivity index (χ1) is 13.7. The summed E-state index contributed by atoms with van der Waals surface area (Å²) in [5.41, 5.74) is 0.0934. The summed E-state index contributed by atoms with van der Waals surface area (Å²) < 4.78 is 46.8. The predicted molar refractivity (Wildman–Crippen MR) is 97.5 cm³/mol. The van der Waals surface area contributed by atoms with Crippen molar-refractivity contribution in [2.24, 2.45) is 0 Å². The topological polar surface area (TPSA) is 118 Å². The summed E-state index contributed by atoms with van der Waals surface area (Å²) in [7, 11) is 1.39. The van der Waals surface area contributed by atoms with Crippen molar-refractivity contribution in [3.05, 3.63) is 36.3 Å². The molecule has 0 aliphatic carbocycles. The van der Waals surface area contributed by atoms with Gasteiger partial charge in [0.2, 0.25) is 17.7 Å². The fraction of sp³-hybridized carbons (Fsp3) is 0.235. The molecule has 0 atom stereocenters. The molecule has 0 spiro atoms. The van der Waals surface area contributed by atoms with Crippen molar-refractivity contribution in [2.45, 2.75) is 19.8 Å². The lowest BCUT2D eigenvalue weighted by atomic mass is 10.2. The fourth-order valence-electron chi connectivity index (χ4n) is 2.38. The number of carbonyl (C=O) groups is 1. The Hall–Kier alpha value is -3.70. The van der Waals surface area contributed by atoms with Gasteiger partial charge in [-0.1, -0.05) is 0 Å². The monoisotopic (exact) mass is 407 g/mol. The van der Waals surface area contributed by atoms with Crippen LogP contribution in [0.3, 0.4) is 0 Å².